The summed E-state index contributed by atoms with van der Waals surface area (Å²) in [5, 5.41) is 20.3. The second-order valence-electron chi connectivity index (χ2n) is 6.02. The molecule has 0 saturated carbocycles. The second-order valence-corrected chi connectivity index (χ2v) is 6.02. The molecule has 0 spiro atoms. The Balaban J connectivity index is 1.73. The van der Waals surface area contributed by atoms with E-state index in [1.54, 1.807) is 6.07 Å². The standard InChI is InChI=1S/C19H14N4O7/c1-10(24)14-4-2-12(9-20-14)13-6-7-30-17(13)19(27)22-21-18(26)11-3-5-16(25)15(8-11)23(28)29/h2-9,25H,1H3,(H,21,26)(H,22,27). The molecule has 0 unspecified atom stereocenters. The van der Waals surface area contributed by atoms with Crippen molar-refractivity contribution in [2.45, 2.75) is 6.92 Å². The number of nitrogens with one attached hydrogen (secondary N) is 2. The maximum absolute atomic E-state index is 12.4. The topological polar surface area (TPSA) is 165 Å². The Morgan fingerprint density at radius 1 is 1.10 bits per heavy atom. The zero-order valence-corrected chi connectivity index (χ0v) is 15.4. The van der Waals surface area contributed by atoms with Crippen LogP contribution >= 0.6 is 0 Å². The maximum Gasteiger partial charge on any atom is 0.311 e. The van der Waals surface area contributed by atoms with Crippen LogP contribution in [0.25, 0.3) is 11.1 Å². The van der Waals surface area contributed by atoms with Crippen LogP contribution in [-0.4, -0.2) is 32.6 Å². The van der Waals surface area contributed by atoms with E-state index in [0.717, 1.165) is 18.2 Å². The van der Waals surface area contributed by atoms with Gasteiger partial charge in [0.2, 0.25) is 5.76 Å². The molecule has 0 atom stereocenters. The molecule has 3 aromatic rings. The molecule has 3 rings (SSSR count). The minimum Gasteiger partial charge on any atom is -0.502 e. The predicted octanol–water partition coefficient (Wildman–Crippen LogP) is 2.23. The van der Waals surface area contributed by atoms with Crippen LogP contribution in [0, 0.1) is 10.1 Å². The summed E-state index contributed by atoms with van der Waals surface area (Å²) in [4.78, 5) is 49.9. The van der Waals surface area contributed by atoms with Crippen molar-refractivity contribution in [2.75, 3.05) is 0 Å². The minimum absolute atomic E-state index is 0.121. The highest BCUT2D eigenvalue weighted by Crippen LogP contribution is 2.26. The van der Waals surface area contributed by atoms with Gasteiger partial charge < -0.3 is 9.52 Å². The lowest BCUT2D eigenvalue weighted by Crippen LogP contribution is -2.41. The van der Waals surface area contributed by atoms with E-state index in [-0.39, 0.29) is 22.8 Å². The van der Waals surface area contributed by atoms with Gasteiger partial charge in [-0.05, 0) is 24.3 Å². The number of phenolic OH excluding ortho intramolecular Hbond substituents is 1. The third-order valence-electron chi connectivity index (χ3n) is 4.03. The summed E-state index contributed by atoms with van der Waals surface area (Å²) >= 11 is 0. The van der Waals surface area contributed by atoms with E-state index in [1.807, 2.05) is 0 Å². The summed E-state index contributed by atoms with van der Waals surface area (Å²) in [6.45, 7) is 1.38. The number of phenols is 1. The molecule has 0 radical (unpaired) electrons. The normalized spacial score (nSPS) is 10.3. The highest BCUT2D eigenvalue weighted by Gasteiger charge is 2.20. The number of carbonyl (C=O) groups excluding carboxylic acids is 3. The molecule has 3 N–H and O–H groups in total. The molecule has 152 valence electrons. The van der Waals surface area contributed by atoms with Gasteiger partial charge in [-0.15, -0.1) is 0 Å². The third-order valence-corrected chi connectivity index (χ3v) is 4.03. The number of aromatic hydroxyl groups is 1. The summed E-state index contributed by atoms with van der Waals surface area (Å²) in [6, 6.07) is 7.65. The quantitative estimate of drug-likeness (QED) is 0.327. The largest absolute Gasteiger partial charge is 0.502 e. The van der Waals surface area contributed by atoms with E-state index in [2.05, 4.69) is 15.8 Å². The van der Waals surface area contributed by atoms with Gasteiger partial charge in [0.25, 0.3) is 5.91 Å². The van der Waals surface area contributed by atoms with Gasteiger partial charge in [-0.2, -0.15) is 0 Å². The van der Waals surface area contributed by atoms with E-state index in [9.17, 15) is 29.6 Å². The molecule has 30 heavy (non-hydrogen) atoms. The Kier molecular flexibility index (Phi) is 5.54. The minimum atomic E-state index is -0.842. The molecule has 2 amide bonds. The SMILES string of the molecule is CC(=O)c1ccc(-c2ccoc2C(=O)NNC(=O)c2ccc(O)c([N+](=O)[O-])c2)cn1. The van der Waals surface area contributed by atoms with Gasteiger partial charge in [0.05, 0.1) is 11.2 Å². The molecule has 0 aliphatic heterocycles. The van der Waals surface area contributed by atoms with E-state index >= 15 is 0 Å². The number of nitro groups is 1. The van der Waals surface area contributed by atoms with E-state index in [0.29, 0.717) is 11.1 Å². The van der Waals surface area contributed by atoms with Crippen molar-refractivity contribution in [3.8, 4) is 16.9 Å². The molecule has 0 aliphatic rings. The van der Waals surface area contributed by atoms with Crippen molar-refractivity contribution in [2.24, 2.45) is 0 Å². The van der Waals surface area contributed by atoms with Crippen molar-refractivity contribution in [3.05, 3.63) is 76.0 Å². The summed E-state index contributed by atoms with van der Waals surface area (Å²) in [5.74, 6) is -2.54. The fourth-order valence-electron chi connectivity index (χ4n) is 2.53. The van der Waals surface area contributed by atoms with Crippen molar-refractivity contribution in [1.29, 1.82) is 0 Å². The van der Waals surface area contributed by atoms with Crippen LogP contribution in [0.1, 0.15) is 38.3 Å². The van der Waals surface area contributed by atoms with Gasteiger partial charge in [0, 0.05) is 35.9 Å². The first-order chi connectivity index (χ1) is 14.3. The number of hydrogen-bond donors (Lipinski definition) is 3. The van der Waals surface area contributed by atoms with Gasteiger partial charge >= 0.3 is 11.6 Å². The molecule has 0 bridgehead atoms. The van der Waals surface area contributed by atoms with Gasteiger partial charge in [0.1, 0.15) is 5.69 Å². The van der Waals surface area contributed by atoms with E-state index in [4.69, 9.17) is 4.42 Å². The summed E-state index contributed by atoms with van der Waals surface area (Å²) in [7, 11) is 0. The first-order valence-electron chi connectivity index (χ1n) is 8.41. The van der Waals surface area contributed by atoms with Gasteiger partial charge in [-0.3, -0.25) is 40.3 Å². The third kappa shape index (κ3) is 4.14. The van der Waals surface area contributed by atoms with Crippen LogP contribution in [0.15, 0.2) is 53.3 Å². The van der Waals surface area contributed by atoms with Gasteiger partial charge in [0.15, 0.2) is 11.5 Å². The number of carbonyl (C=O) groups is 3. The van der Waals surface area contributed by atoms with Crippen LogP contribution in [0.5, 0.6) is 5.75 Å². The molecule has 2 heterocycles. The highest BCUT2D eigenvalue weighted by atomic mass is 16.6. The number of hydrazine groups is 1. The first kappa shape index (κ1) is 20.2. The molecule has 11 nitrogen and oxygen atoms in total. The number of hydrogen-bond acceptors (Lipinski definition) is 8. The molecule has 0 aliphatic carbocycles. The lowest BCUT2D eigenvalue weighted by molar-refractivity contribution is -0.385. The van der Waals surface area contributed by atoms with Crippen molar-refractivity contribution < 1.29 is 28.8 Å². The summed E-state index contributed by atoms with van der Waals surface area (Å²) < 4.78 is 5.18. The molecule has 2 aromatic heterocycles. The molecule has 0 saturated heterocycles. The zero-order chi connectivity index (χ0) is 21.8. The number of ketones is 1. The number of aromatic nitrogens is 1. The van der Waals surface area contributed by atoms with Crippen LogP contribution in [0.3, 0.4) is 0 Å². The Morgan fingerprint density at radius 2 is 1.83 bits per heavy atom. The average Bonchev–Trinajstić information content (AvgIpc) is 3.22. The molecule has 1 aromatic carbocycles. The lowest BCUT2D eigenvalue weighted by atomic mass is 10.1. The van der Waals surface area contributed by atoms with Crippen LogP contribution < -0.4 is 10.9 Å². The average molecular weight is 410 g/mol. The molecule has 0 fully saturated rings. The van der Waals surface area contributed by atoms with E-state index < -0.39 is 28.2 Å². The Morgan fingerprint density at radius 3 is 2.47 bits per heavy atom. The smallest absolute Gasteiger partial charge is 0.311 e. The van der Waals surface area contributed by atoms with Crippen LogP contribution in [0.2, 0.25) is 0 Å². The Hall–Kier alpha value is -4.54. The number of nitro benzene ring substituents is 1. The highest BCUT2D eigenvalue weighted by molar-refractivity contribution is 6.01. The molecular formula is C19H14N4O7. The molecular weight excluding hydrogens is 396 g/mol. The van der Waals surface area contributed by atoms with E-state index in [1.165, 1.54) is 31.5 Å². The number of amides is 2. The summed E-state index contributed by atoms with van der Waals surface area (Å²) in [5.41, 5.74) is 4.62. The predicted molar refractivity (Wildman–Crippen MR) is 102 cm³/mol. The van der Waals surface area contributed by atoms with Gasteiger partial charge in [-0.25, -0.2) is 0 Å². The number of nitrogens with zero attached hydrogens (tertiary/aromatic N) is 2. The van der Waals surface area contributed by atoms with Crippen molar-refractivity contribution >= 4 is 23.3 Å². The number of furan rings is 1. The molecule has 11 heteroatoms. The fourth-order valence-corrected chi connectivity index (χ4v) is 2.53. The monoisotopic (exact) mass is 410 g/mol. The fraction of sp³-hybridized carbons (Fsp3) is 0.0526. The lowest BCUT2D eigenvalue weighted by Gasteiger charge is -2.08. The van der Waals surface area contributed by atoms with Crippen molar-refractivity contribution in [3.63, 3.8) is 0 Å². The number of benzene rings is 1. The Bertz CT molecular complexity index is 1150. The van der Waals surface area contributed by atoms with Crippen LogP contribution in [-0.2, 0) is 0 Å². The van der Waals surface area contributed by atoms with Gasteiger partial charge in [-0.1, -0.05) is 6.07 Å². The number of pyridine rings is 1. The second kappa shape index (κ2) is 8.22. The number of Topliss-reactive ketones (excluding diaryl/α,β-unsaturated/α-hetero) is 1. The summed E-state index contributed by atoms with van der Waals surface area (Å²) in [6.07, 6.45) is 2.68. The Labute approximate surface area is 168 Å². The van der Waals surface area contributed by atoms with Crippen molar-refractivity contribution in [1.82, 2.24) is 15.8 Å². The van der Waals surface area contributed by atoms with Crippen LogP contribution in [0.4, 0.5) is 5.69 Å². The zero-order valence-electron chi connectivity index (χ0n) is 15.4. The maximum atomic E-state index is 12.4. The first-order valence-corrected chi connectivity index (χ1v) is 8.41. The number of rotatable bonds is 5.